The molecule has 2 heterocycles. The lowest BCUT2D eigenvalue weighted by molar-refractivity contribution is 0.174. The Kier molecular flexibility index (Phi) is 2.01. The summed E-state index contributed by atoms with van der Waals surface area (Å²) in [4.78, 5) is 7.29. The standard InChI is InChI=1S/C12H13N3O2/c1-6-3-9-10(17-5-16-9)4-8(6)11-7(2)14-12(13)15-11/h3-4H,5H2,1-2H3,(H3,13,14,15). The SMILES string of the molecule is Cc1cc2c(cc1-c1nc(N)[nH]c1C)OCO2. The minimum absolute atomic E-state index is 0.278. The summed E-state index contributed by atoms with van der Waals surface area (Å²) in [6.07, 6.45) is 0. The number of nitrogens with one attached hydrogen (secondary N) is 1. The molecule has 2 aromatic rings. The molecule has 5 nitrogen and oxygen atoms in total. The molecule has 1 aromatic carbocycles. The van der Waals surface area contributed by atoms with Gasteiger partial charge in [0.15, 0.2) is 17.4 Å². The van der Waals surface area contributed by atoms with Gasteiger partial charge in [-0.25, -0.2) is 4.98 Å². The fraction of sp³-hybridized carbons (Fsp3) is 0.250. The number of anilines is 1. The zero-order valence-corrected chi connectivity index (χ0v) is 9.70. The molecule has 0 amide bonds. The maximum absolute atomic E-state index is 5.66. The maximum atomic E-state index is 5.66. The van der Waals surface area contributed by atoms with E-state index < -0.39 is 0 Å². The molecule has 0 saturated heterocycles. The Labute approximate surface area is 98.6 Å². The number of benzene rings is 1. The number of fused-ring (bicyclic) bond motifs is 1. The van der Waals surface area contributed by atoms with Crippen LogP contribution in [0.25, 0.3) is 11.3 Å². The number of nitrogen functional groups attached to an aromatic ring is 1. The highest BCUT2D eigenvalue weighted by molar-refractivity contribution is 5.71. The van der Waals surface area contributed by atoms with Crippen LogP contribution in [-0.2, 0) is 0 Å². The maximum Gasteiger partial charge on any atom is 0.231 e. The van der Waals surface area contributed by atoms with Crippen LogP contribution < -0.4 is 15.2 Å². The lowest BCUT2D eigenvalue weighted by Gasteiger charge is -2.05. The first-order valence-electron chi connectivity index (χ1n) is 5.38. The predicted octanol–water partition coefficient (Wildman–Crippen LogP) is 2.00. The van der Waals surface area contributed by atoms with Crippen molar-refractivity contribution in [3.05, 3.63) is 23.4 Å². The summed E-state index contributed by atoms with van der Waals surface area (Å²) in [6, 6.07) is 3.91. The Morgan fingerprint density at radius 2 is 1.94 bits per heavy atom. The van der Waals surface area contributed by atoms with Gasteiger partial charge in [-0.15, -0.1) is 0 Å². The highest BCUT2D eigenvalue weighted by Gasteiger charge is 2.18. The lowest BCUT2D eigenvalue weighted by Crippen LogP contribution is -1.92. The molecule has 3 rings (SSSR count). The normalized spacial score (nSPS) is 13.1. The van der Waals surface area contributed by atoms with Crippen molar-refractivity contribution in [1.82, 2.24) is 9.97 Å². The lowest BCUT2D eigenvalue weighted by atomic mass is 10.0. The van der Waals surface area contributed by atoms with Crippen molar-refractivity contribution in [1.29, 1.82) is 0 Å². The number of hydrogen-bond acceptors (Lipinski definition) is 4. The van der Waals surface area contributed by atoms with Crippen LogP contribution in [0.15, 0.2) is 12.1 Å². The number of rotatable bonds is 1. The Bertz CT molecular complexity index is 590. The van der Waals surface area contributed by atoms with Gasteiger partial charge in [0.2, 0.25) is 6.79 Å². The molecule has 0 bridgehead atoms. The second-order valence-corrected chi connectivity index (χ2v) is 4.12. The van der Waals surface area contributed by atoms with E-state index in [-0.39, 0.29) is 6.79 Å². The van der Waals surface area contributed by atoms with Crippen molar-refractivity contribution in [2.45, 2.75) is 13.8 Å². The van der Waals surface area contributed by atoms with Gasteiger partial charge in [-0.05, 0) is 31.5 Å². The van der Waals surface area contributed by atoms with Crippen LogP contribution in [0.3, 0.4) is 0 Å². The van der Waals surface area contributed by atoms with Crippen LogP contribution in [0.1, 0.15) is 11.3 Å². The molecule has 0 radical (unpaired) electrons. The Hall–Kier alpha value is -2.17. The van der Waals surface area contributed by atoms with Crippen molar-refractivity contribution in [2.24, 2.45) is 0 Å². The number of aromatic amines is 1. The Morgan fingerprint density at radius 1 is 1.24 bits per heavy atom. The number of H-pyrrole nitrogens is 1. The third kappa shape index (κ3) is 1.51. The number of nitrogens with zero attached hydrogens (tertiary/aromatic N) is 1. The number of aromatic nitrogens is 2. The van der Waals surface area contributed by atoms with Crippen LogP contribution in [0.5, 0.6) is 11.5 Å². The van der Waals surface area contributed by atoms with Crippen molar-refractivity contribution in [3.8, 4) is 22.8 Å². The monoisotopic (exact) mass is 231 g/mol. The molecule has 17 heavy (non-hydrogen) atoms. The van der Waals surface area contributed by atoms with Gasteiger partial charge in [0, 0.05) is 11.3 Å². The second-order valence-electron chi connectivity index (χ2n) is 4.12. The summed E-state index contributed by atoms with van der Waals surface area (Å²) in [5.41, 5.74) is 9.57. The molecule has 1 aromatic heterocycles. The van der Waals surface area contributed by atoms with Gasteiger partial charge in [0.1, 0.15) is 0 Å². The third-order valence-corrected chi connectivity index (χ3v) is 2.88. The van der Waals surface area contributed by atoms with Gasteiger partial charge >= 0.3 is 0 Å². The third-order valence-electron chi connectivity index (χ3n) is 2.88. The van der Waals surface area contributed by atoms with E-state index >= 15 is 0 Å². The molecule has 0 spiro atoms. The largest absolute Gasteiger partial charge is 0.454 e. The molecule has 0 saturated carbocycles. The van der Waals surface area contributed by atoms with Gasteiger partial charge in [-0.1, -0.05) is 0 Å². The van der Waals surface area contributed by atoms with E-state index in [1.54, 1.807) is 0 Å². The number of ether oxygens (including phenoxy) is 2. The number of nitrogens with two attached hydrogens (primary N) is 1. The molecule has 1 aliphatic rings. The van der Waals surface area contributed by atoms with Crippen LogP contribution in [0, 0.1) is 13.8 Å². The summed E-state index contributed by atoms with van der Waals surface area (Å²) in [7, 11) is 0. The minimum atomic E-state index is 0.278. The van der Waals surface area contributed by atoms with Crippen molar-refractivity contribution in [2.75, 3.05) is 12.5 Å². The highest BCUT2D eigenvalue weighted by atomic mass is 16.7. The van der Waals surface area contributed by atoms with Gasteiger partial charge in [-0.2, -0.15) is 0 Å². The smallest absolute Gasteiger partial charge is 0.231 e. The fourth-order valence-electron chi connectivity index (χ4n) is 2.04. The predicted molar refractivity (Wildman–Crippen MR) is 64.0 cm³/mol. The molecular formula is C12H13N3O2. The number of hydrogen-bond donors (Lipinski definition) is 2. The van der Waals surface area contributed by atoms with Crippen LogP contribution in [-0.4, -0.2) is 16.8 Å². The van der Waals surface area contributed by atoms with Crippen LogP contribution in [0.2, 0.25) is 0 Å². The summed E-state index contributed by atoms with van der Waals surface area (Å²) in [6.45, 7) is 4.24. The summed E-state index contributed by atoms with van der Waals surface area (Å²) >= 11 is 0. The average Bonchev–Trinajstić information content (AvgIpc) is 2.83. The summed E-state index contributed by atoms with van der Waals surface area (Å²) < 4.78 is 10.7. The molecule has 3 N–H and O–H groups in total. The van der Waals surface area contributed by atoms with Crippen LogP contribution >= 0.6 is 0 Å². The molecule has 0 atom stereocenters. The van der Waals surface area contributed by atoms with Crippen molar-refractivity contribution < 1.29 is 9.47 Å². The molecular weight excluding hydrogens is 218 g/mol. The molecule has 1 aliphatic heterocycles. The average molecular weight is 231 g/mol. The Morgan fingerprint density at radius 3 is 2.59 bits per heavy atom. The Balaban J connectivity index is 2.18. The second kappa shape index (κ2) is 3.41. The zero-order valence-electron chi connectivity index (χ0n) is 9.70. The van der Waals surface area contributed by atoms with Crippen LogP contribution in [0.4, 0.5) is 5.95 Å². The van der Waals surface area contributed by atoms with E-state index in [9.17, 15) is 0 Å². The fourth-order valence-corrected chi connectivity index (χ4v) is 2.04. The summed E-state index contributed by atoms with van der Waals surface area (Å²) in [5.74, 6) is 1.97. The highest BCUT2D eigenvalue weighted by Crippen LogP contribution is 2.38. The van der Waals surface area contributed by atoms with E-state index in [2.05, 4.69) is 9.97 Å². The van der Waals surface area contributed by atoms with Gasteiger partial charge in [0.25, 0.3) is 0 Å². The first kappa shape index (κ1) is 10.0. The minimum Gasteiger partial charge on any atom is -0.454 e. The molecule has 0 aliphatic carbocycles. The molecule has 0 unspecified atom stereocenters. The van der Waals surface area contributed by atoms with Gasteiger partial charge in [-0.3, -0.25) is 0 Å². The number of aryl methyl sites for hydroxylation is 2. The topological polar surface area (TPSA) is 73.2 Å². The van der Waals surface area contributed by atoms with E-state index in [0.29, 0.717) is 5.95 Å². The first-order chi connectivity index (χ1) is 8.15. The molecule has 5 heteroatoms. The van der Waals surface area contributed by atoms with E-state index in [4.69, 9.17) is 15.2 Å². The summed E-state index contributed by atoms with van der Waals surface area (Å²) in [5, 5.41) is 0. The molecule has 88 valence electrons. The van der Waals surface area contributed by atoms with E-state index in [1.165, 1.54) is 0 Å². The van der Waals surface area contributed by atoms with Crippen molar-refractivity contribution in [3.63, 3.8) is 0 Å². The van der Waals surface area contributed by atoms with E-state index in [1.807, 2.05) is 26.0 Å². The van der Waals surface area contributed by atoms with Gasteiger partial charge in [0.05, 0.1) is 5.69 Å². The van der Waals surface area contributed by atoms with Gasteiger partial charge < -0.3 is 20.2 Å². The van der Waals surface area contributed by atoms with E-state index in [0.717, 1.165) is 34.0 Å². The number of imidazole rings is 1. The quantitative estimate of drug-likeness (QED) is 0.787. The van der Waals surface area contributed by atoms with Crippen molar-refractivity contribution >= 4 is 5.95 Å². The first-order valence-corrected chi connectivity index (χ1v) is 5.38. The zero-order chi connectivity index (χ0) is 12.0. The molecule has 0 fully saturated rings.